The number of hydrogen-bond acceptors (Lipinski definition) is 6. The summed E-state index contributed by atoms with van der Waals surface area (Å²) in [4.78, 5) is 13.2. The van der Waals surface area contributed by atoms with Crippen LogP contribution in [0.5, 0.6) is 0 Å². The third-order valence-electron chi connectivity index (χ3n) is 4.15. The first-order valence-corrected chi connectivity index (χ1v) is 8.79. The minimum atomic E-state index is -5.08. The first kappa shape index (κ1) is 22.6. The van der Waals surface area contributed by atoms with Crippen LogP contribution in [0.2, 0.25) is 0 Å². The topological polar surface area (TPSA) is 100 Å². The number of carboxylic acids is 1. The lowest BCUT2D eigenvalue weighted by molar-refractivity contribution is -0.192. The molecule has 3 N–H and O–H groups in total. The van der Waals surface area contributed by atoms with E-state index in [9.17, 15) is 17.6 Å². The molecule has 1 aromatic heterocycles. The number of halogens is 4. The summed E-state index contributed by atoms with van der Waals surface area (Å²) in [5.74, 6) is -2.41. The van der Waals surface area contributed by atoms with E-state index < -0.39 is 12.1 Å². The van der Waals surface area contributed by atoms with E-state index in [1.54, 1.807) is 12.1 Å². The number of nitrogens with one attached hydrogen (secondary N) is 2. The Morgan fingerprint density at radius 1 is 1.34 bits per heavy atom. The fourth-order valence-corrected chi connectivity index (χ4v) is 2.77. The maximum atomic E-state index is 12.9. The van der Waals surface area contributed by atoms with Gasteiger partial charge in [-0.05, 0) is 29.5 Å². The van der Waals surface area contributed by atoms with Crippen molar-refractivity contribution in [3.8, 4) is 0 Å². The van der Waals surface area contributed by atoms with Crippen LogP contribution >= 0.6 is 0 Å². The molecule has 2 heterocycles. The summed E-state index contributed by atoms with van der Waals surface area (Å²) in [5, 5.41) is 17.7. The van der Waals surface area contributed by atoms with Crippen LogP contribution in [0.4, 0.5) is 23.6 Å². The van der Waals surface area contributed by atoms with E-state index in [0.717, 1.165) is 25.1 Å². The number of hydrogen-bond donors (Lipinski definition) is 3. The second kappa shape index (κ2) is 9.21. The van der Waals surface area contributed by atoms with Gasteiger partial charge in [-0.3, -0.25) is 0 Å². The molecule has 3 rings (SSSR count). The van der Waals surface area contributed by atoms with Crippen molar-refractivity contribution in [1.82, 2.24) is 15.5 Å². The Labute approximate surface area is 164 Å². The summed E-state index contributed by atoms with van der Waals surface area (Å²) in [6.45, 7) is 6.31. The average Bonchev–Trinajstić information content (AvgIpc) is 3.20. The normalized spacial score (nSPS) is 18.1. The van der Waals surface area contributed by atoms with Crippen molar-refractivity contribution in [1.29, 1.82) is 0 Å². The summed E-state index contributed by atoms with van der Waals surface area (Å²) in [7, 11) is 0. The largest absolute Gasteiger partial charge is 0.490 e. The van der Waals surface area contributed by atoms with Gasteiger partial charge in [0.25, 0.3) is 0 Å². The number of aliphatic carboxylic acids is 1. The van der Waals surface area contributed by atoms with Crippen LogP contribution in [0, 0.1) is 11.2 Å². The molecule has 1 fully saturated rings. The van der Waals surface area contributed by atoms with Crippen molar-refractivity contribution < 1.29 is 32.0 Å². The zero-order chi connectivity index (χ0) is 21.7. The number of benzene rings is 1. The average molecular weight is 418 g/mol. The van der Waals surface area contributed by atoms with Gasteiger partial charge in [-0.15, -0.1) is 0 Å². The lowest BCUT2D eigenvalue weighted by Crippen LogP contribution is -2.29. The van der Waals surface area contributed by atoms with Crippen molar-refractivity contribution in [2.75, 3.05) is 18.4 Å². The predicted molar refractivity (Wildman–Crippen MR) is 95.9 cm³/mol. The molecule has 1 atom stereocenters. The molecule has 7 nitrogen and oxygen atoms in total. The summed E-state index contributed by atoms with van der Waals surface area (Å²) >= 11 is 0. The summed E-state index contributed by atoms with van der Waals surface area (Å²) in [5.41, 5.74) is 1.29. The highest BCUT2D eigenvalue weighted by atomic mass is 19.4. The van der Waals surface area contributed by atoms with Crippen LogP contribution in [0.25, 0.3) is 0 Å². The van der Waals surface area contributed by atoms with Gasteiger partial charge in [-0.25, -0.2) is 9.18 Å². The fraction of sp³-hybridized carbons (Fsp3) is 0.500. The van der Waals surface area contributed by atoms with Crippen LogP contribution in [0.3, 0.4) is 0 Å². The zero-order valence-corrected chi connectivity index (χ0v) is 15.9. The highest BCUT2D eigenvalue weighted by molar-refractivity contribution is 5.73. The van der Waals surface area contributed by atoms with Crippen LogP contribution in [-0.2, 0) is 11.2 Å². The summed E-state index contributed by atoms with van der Waals surface area (Å²) < 4.78 is 49.8. The maximum absolute atomic E-state index is 12.9. The van der Waals surface area contributed by atoms with Gasteiger partial charge < -0.3 is 20.3 Å². The van der Waals surface area contributed by atoms with E-state index in [0.29, 0.717) is 29.7 Å². The van der Waals surface area contributed by atoms with Crippen LogP contribution in [0.1, 0.15) is 31.7 Å². The second-order valence-corrected chi connectivity index (χ2v) is 7.45. The lowest BCUT2D eigenvalue weighted by Gasteiger charge is -2.15. The maximum Gasteiger partial charge on any atom is 0.490 e. The molecule has 160 valence electrons. The molecule has 11 heteroatoms. The second-order valence-electron chi connectivity index (χ2n) is 7.45. The predicted octanol–water partition coefficient (Wildman–Crippen LogP) is 3.23. The van der Waals surface area contributed by atoms with Gasteiger partial charge in [0.15, 0.2) is 5.82 Å². The number of anilines is 1. The fourth-order valence-electron chi connectivity index (χ4n) is 2.77. The van der Waals surface area contributed by atoms with Gasteiger partial charge in [0, 0.05) is 25.6 Å². The SMILES string of the molecule is CC1(C)CNC(CNc2nc(Cc3ccc(F)cc3)no2)C1.O=C(O)C(F)(F)F. The molecule has 1 aliphatic rings. The van der Waals surface area contributed by atoms with E-state index >= 15 is 0 Å². The first-order valence-electron chi connectivity index (χ1n) is 8.79. The van der Waals surface area contributed by atoms with E-state index in [1.165, 1.54) is 12.1 Å². The first-order chi connectivity index (χ1) is 13.4. The molecule has 1 unspecified atom stereocenters. The van der Waals surface area contributed by atoms with Crippen LogP contribution in [0.15, 0.2) is 28.8 Å². The lowest BCUT2D eigenvalue weighted by atomic mass is 9.91. The quantitative estimate of drug-likeness (QED) is 0.641. The molecule has 0 aliphatic carbocycles. The smallest absolute Gasteiger partial charge is 0.475 e. The molecule has 0 amide bonds. The number of carbonyl (C=O) groups is 1. The van der Waals surface area contributed by atoms with E-state index in [4.69, 9.17) is 14.4 Å². The molecule has 0 spiro atoms. The van der Waals surface area contributed by atoms with Crippen molar-refractivity contribution in [2.45, 2.75) is 38.9 Å². The molecule has 2 aromatic rings. The molecular formula is C18H22F4N4O3. The van der Waals surface area contributed by atoms with Gasteiger partial charge in [-0.2, -0.15) is 18.2 Å². The Morgan fingerprint density at radius 2 is 1.97 bits per heavy atom. The van der Waals surface area contributed by atoms with Gasteiger partial charge >= 0.3 is 18.2 Å². The molecule has 0 bridgehead atoms. The molecule has 0 saturated carbocycles. The van der Waals surface area contributed by atoms with Crippen LogP contribution < -0.4 is 10.6 Å². The Morgan fingerprint density at radius 3 is 2.48 bits per heavy atom. The Bertz CT molecular complexity index is 806. The van der Waals surface area contributed by atoms with Gasteiger partial charge in [-0.1, -0.05) is 31.1 Å². The van der Waals surface area contributed by atoms with Gasteiger partial charge in [0.2, 0.25) is 0 Å². The Kier molecular flexibility index (Phi) is 7.17. The number of nitrogens with zero attached hydrogens (tertiary/aromatic N) is 2. The van der Waals surface area contributed by atoms with Crippen molar-refractivity contribution in [2.24, 2.45) is 5.41 Å². The third kappa shape index (κ3) is 7.68. The monoisotopic (exact) mass is 418 g/mol. The highest BCUT2D eigenvalue weighted by Gasteiger charge is 2.38. The summed E-state index contributed by atoms with van der Waals surface area (Å²) in [6, 6.07) is 7.17. The Balaban J connectivity index is 0.000000370. The van der Waals surface area contributed by atoms with Crippen molar-refractivity contribution in [3.05, 3.63) is 41.5 Å². The minimum Gasteiger partial charge on any atom is -0.475 e. The Hall–Kier alpha value is -2.69. The van der Waals surface area contributed by atoms with E-state index in [-0.39, 0.29) is 5.82 Å². The zero-order valence-electron chi connectivity index (χ0n) is 15.9. The number of alkyl halides is 3. The van der Waals surface area contributed by atoms with E-state index in [2.05, 4.69) is 34.6 Å². The number of rotatable bonds is 5. The minimum absolute atomic E-state index is 0.244. The summed E-state index contributed by atoms with van der Waals surface area (Å²) in [6.07, 6.45) is -3.43. The highest BCUT2D eigenvalue weighted by Crippen LogP contribution is 2.27. The molecule has 29 heavy (non-hydrogen) atoms. The van der Waals surface area contributed by atoms with E-state index in [1.807, 2.05) is 0 Å². The molecule has 1 aromatic carbocycles. The molecule has 1 aliphatic heterocycles. The molecular weight excluding hydrogens is 396 g/mol. The van der Waals surface area contributed by atoms with Crippen molar-refractivity contribution in [3.63, 3.8) is 0 Å². The van der Waals surface area contributed by atoms with Gasteiger partial charge in [0.05, 0.1) is 0 Å². The van der Waals surface area contributed by atoms with Crippen LogP contribution in [-0.4, -0.2) is 46.5 Å². The third-order valence-corrected chi connectivity index (χ3v) is 4.15. The van der Waals surface area contributed by atoms with Crippen molar-refractivity contribution >= 4 is 12.0 Å². The number of aromatic nitrogens is 2. The van der Waals surface area contributed by atoms with Gasteiger partial charge in [0.1, 0.15) is 5.82 Å². The number of carboxylic acid groups (broad SMARTS) is 1. The molecule has 0 radical (unpaired) electrons. The molecule has 1 saturated heterocycles. The standard InChI is InChI=1S/C16H21FN4O.C2HF3O2/c1-16(2)8-13(19-10-16)9-18-15-20-14(21-22-15)7-11-3-5-12(17)6-4-11;3-2(4,5)1(6)7/h3-6,13,19H,7-10H2,1-2H3,(H,18,20,21);(H,6,7).